The second-order valence-corrected chi connectivity index (χ2v) is 7.08. The van der Waals surface area contributed by atoms with Crippen LogP contribution in [0.3, 0.4) is 0 Å². The van der Waals surface area contributed by atoms with Gasteiger partial charge in [0.1, 0.15) is 0 Å². The van der Waals surface area contributed by atoms with Gasteiger partial charge in [-0.3, -0.25) is 9.89 Å². The van der Waals surface area contributed by atoms with Crippen molar-refractivity contribution < 1.29 is 4.74 Å². The van der Waals surface area contributed by atoms with E-state index in [1.54, 1.807) is 0 Å². The van der Waals surface area contributed by atoms with Crippen LogP contribution in [0.4, 0.5) is 0 Å². The molecule has 5 nitrogen and oxygen atoms in total. The van der Waals surface area contributed by atoms with Gasteiger partial charge in [0.2, 0.25) is 0 Å². The van der Waals surface area contributed by atoms with Gasteiger partial charge in [-0.1, -0.05) is 26.7 Å². The smallest absolute Gasteiger partial charge is 0.191 e. The zero-order chi connectivity index (χ0) is 15.8. The standard InChI is InChI=1S/C17H34N4O/c1-14-5-4-6-16(11-14)20-17(18-3)19-12-15(2)13-21-7-9-22-10-8-21/h14-16H,4-13H2,1-3H3,(H2,18,19,20). The molecule has 5 heteroatoms. The van der Waals surface area contributed by atoms with E-state index in [4.69, 9.17) is 4.74 Å². The molecule has 1 heterocycles. The Labute approximate surface area is 135 Å². The van der Waals surface area contributed by atoms with Crippen molar-refractivity contribution in [1.29, 1.82) is 0 Å². The molecule has 2 N–H and O–H groups in total. The van der Waals surface area contributed by atoms with Crippen LogP contribution >= 0.6 is 0 Å². The van der Waals surface area contributed by atoms with Crippen LogP contribution in [0.15, 0.2) is 4.99 Å². The molecule has 1 saturated heterocycles. The molecule has 3 unspecified atom stereocenters. The fraction of sp³-hybridized carbons (Fsp3) is 0.941. The van der Waals surface area contributed by atoms with E-state index in [-0.39, 0.29) is 0 Å². The van der Waals surface area contributed by atoms with E-state index in [1.807, 2.05) is 7.05 Å². The van der Waals surface area contributed by atoms with E-state index in [0.29, 0.717) is 12.0 Å². The first kappa shape index (κ1) is 17.5. The van der Waals surface area contributed by atoms with Crippen molar-refractivity contribution in [2.24, 2.45) is 16.8 Å². The van der Waals surface area contributed by atoms with Gasteiger partial charge in [-0.2, -0.15) is 0 Å². The third-order valence-electron chi connectivity index (χ3n) is 4.79. The monoisotopic (exact) mass is 310 g/mol. The van der Waals surface area contributed by atoms with Crippen molar-refractivity contribution >= 4 is 5.96 Å². The lowest BCUT2D eigenvalue weighted by Gasteiger charge is -2.31. The van der Waals surface area contributed by atoms with Gasteiger partial charge in [-0.25, -0.2) is 0 Å². The number of hydrogen-bond donors (Lipinski definition) is 2. The first-order chi connectivity index (χ1) is 10.7. The van der Waals surface area contributed by atoms with E-state index in [1.165, 1.54) is 25.7 Å². The van der Waals surface area contributed by atoms with Gasteiger partial charge in [0.15, 0.2) is 5.96 Å². The number of morpholine rings is 1. The molecule has 2 fully saturated rings. The number of hydrogen-bond acceptors (Lipinski definition) is 3. The van der Waals surface area contributed by atoms with Gasteiger partial charge in [0.05, 0.1) is 13.2 Å². The first-order valence-electron chi connectivity index (χ1n) is 8.94. The number of ether oxygens (including phenoxy) is 1. The Kier molecular flexibility index (Phi) is 7.46. The van der Waals surface area contributed by atoms with E-state index in [9.17, 15) is 0 Å². The predicted molar refractivity (Wildman–Crippen MR) is 92.3 cm³/mol. The average molecular weight is 310 g/mol. The van der Waals surface area contributed by atoms with Crippen LogP contribution < -0.4 is 10.6 Å². The van der Waals surface area contributed by atoms with Crippen LogP contribution in [0.1, 0.15) is 39.5 Å². The maximum Gasteiger partial charge on any atom is 0.191 e. The molecule has 2 rings (SSSR count). The van der Waals surface area contributed by atoms with Crippen LogP contribution in [0.25, 0.3) is 0 Å². The molecule has 0 bridgehead atoms. The molecule has 1 aliphatic carbocycles. The predicted octanol–water partition coefficient (Wildman–Crippen LogP) is 1.70. The Morgan fingerprint density at radius 1 is 1.32 bits per heavy atom. The normalized spacial score (nSPS) is 29.1. The second-order valence-electron chi connectivity index (χ2n) is 7.08. The van der Waals surface area contributed by atoms with E-state index < -0.39 is 0 Å². The molecule has 3 atom stereocenters. The molecule has 0 amide bonds. The van der Waals surface area contributed by atoms with Crippen LogP contribution in [0.5, 0.6) is 0 Å². The third-order valence-corrected chi connectivity index (χ3v) is 4.79. The molecule has 0 aromatic heterocycles. The van der Waals surface area contributed by atoms with Gasteiger partial charge >= 0.3 is 0 Å². The maximum absolute atomic E-state index is 5.40. The van der Waals surface area contributed by atoms with Crippen LogP contribution in [0.2, 0.25) is 0 Å². The molecule has 0 spiro atoms. The summed E-state index contributed by atoms with van der Waals surface area (Å²) in [5, 5.41) is 7.10. The molecule has 0 aromatic carbocycles. The fourth-order valence-electron chi connectivity index (χ4n) is 3.51. The Bertz CT molecular complexity index is 342. The Hall–Kier alpha value is -0.810. The Morgan fingerprint density at radius 2 is 2.09 bits per heavy atom. The van der Waals surface area contributed by atoms with Crippen LogP contribution in [-0.2, 0) is 4.74 Å². The topological polar surface area (TPSA) is 48.9 Å². The third kappa shape index (κ3) is 6.13. The van der Waals surface area contributed by atoms with Gasteiger partial charge in [0.25, 0.3) is 0 Å². The summed E-state index contributed by atoms with van der Waals surface area (Å²) in [5.41, 5.74) is 0. The summed E-state index contributed by atoms with van der Waals surface area (Å²) >= 11 is 0. The highest BCUT2D eigenvalue weighted by Crippen LogP contribution is 2.23. The van der Waals surface area contributed by atoms with Crippen LogP contribution in [0, 0.1) is 11.8 Å². The summed E-state index contributed by atoms with van der Waals surface area (Å²) < 4.78 is 5.40. The molecule has 0 aromatic rings. The van der Waals surface area contributed by atoms with E-state index in [2.05, 4.69) is 34.4 Å². The molecule has 22 heavy (non-hydrogen) atoms. The first-order valence-corrected chi connectivity index (χ1v) is 8.94. The Balaban J connectivity index is 1.66. The number of nitrogens with zero attached hydrogens (tertiary/aromatic N) is 2. The van der Waals surface area contributed by atoms with Crippen molar-refractivity contribution in [3.8, 4) is 0 Å². The second kappa shape index (κ2) is 9.36. The molecule has 1 saturated carbocycles. The minimum atomic E-state index is 0.587. The molecule has 0 radical (unpaired) electrons. The van der Waals surface area contributed by atoms with Crippen molar-refractivity contribution in [2.75, 3.05) is 46.4 Å². The summed E-state index contributed by atoms with van der Waals surface area (Å²) in [5.74, 6) is 2.42. The molecule has 128 valence electrons. The lowest BCUT2D eigenvalue weighted by Crippen LogP contribution is -2.47. The van der Waals surface area contributed by atoms with Gasteiger partial charge in [0, 0.05) is 39.3 Å². The summed E-state index contributed by atoms with van der Waals surface area (Å²) in [4.78, 5) is 6.88. The van der Waals surface area contributed by atoms with Gasteiger partial charge < -0.3 is 15.4 Å². The largest absolute Gasteiger partial charge is 0.379 e. The summed E-state index contributed by atoms with van der Waals surface area (Å²) in [6.45, 7) is 10.7. The van der Waals surface area contributed by atoms with Crippen molar-refractivity contribution in [2.45, 2.75) is 45.6 Å². The highest BCUT2D eigenvalue weighted by molar-refractivity contribution is 5.79. The number of aliphatic imine (C=N–C) groups is 1. The van der Waals surface area contributed by atoms with Crippen molar-refractivity contribution in [1.82, 2.24) is 15.5 Å². The van der Waals surface area contributed by atoms with Gasteiger partial charge in [-0.05, 0) is 24.7 Å². The van der Waals surface area contributed by atoms with Crippen molar-refractivity contribution in [3.63, 3.8) is 0 Å². The highest BCUT2D eigenvalue weighted by Gasteiger charge is 2.20. The molecular formula is C17H34N4O. The van der Waals surface area contributed by atoms with E-state index in [0.717, 1.165) is 51.3 Å². The summed E-state index contributed by atoms with van der Waals surface area (Å²) in [6.07, 6.45) is 5.25. The SMILES string of the molecule is CN=C(NCC(C)CN1CCOCC1)NC1CCCC(C)C1. The summed E-state index contributed by atoms with van der Waals surface area (Å²) in [6, 6.07) is 0.587. The zero-order valence-electron chi connectivity index (χ0n) is 14.6. The minimum absolute atomic E-state index is 0.587. The summed E-state index contributed by atoms with van der Waals surface area (Å²) in [7, 11) is 1.87. The minimum Gasteiger partial charge on any atom is -0.379 e. The molecule has 1 aliphatic heterocycles. The average Bonchev–Trinajstić information content (AvgIpc) is 2.52. The quantitative estimate of drug-likeness (QED) is 0.599. The molecule has 2 aliphatic rings. The van der Waals surface area contributed by atoms with E-state index >= 15 is 0 Å². The van der Waals surface area contributed by atoms with Crippen LogP contribution in [-0.4, -0.2) is 63.3 Å². The highest BCUT2D eigenvalue weighted by atomic mass is 16.5. The van der Waals surface area contributed by atoms with Gasteiger partial charge in [-0.15, -0.1) is 0 Å². The Morgan fingerprint density at radius 3 is 2.77 bits per heavy atom. The zero-order valence-corrected chi connectivity index (χ0v) is 14.6. The fourth-order valence-corrected chi connectivity index (χ4v) is 3.51. The lowest BCUT2D eigenvalue weighted by molar-refractivity contribution is 0.0320. The number of rotatable bonds is 5. The number of nitrogens with one attached hydrogen (secondary N) is 2. The molecular weight excluding hydrogens is 276 g/mol. The number of guanidine groups is 1. The maximum atomic E-state index is 5.40. The lowest BCUT2D eigenvalue weighted by atomic mass is 9.87. The van der Waals surface area contributed by atoms with Crippen molar-refractivity contribution in [3.05, 3.63) is 0 Å².